The Kier molecular flexibility index (Phi) is 5.40. The molecule has 0 spiro atoms. The third-order valence-corrected chi connectivity index (χ3v) is 2.11. The molecule has 0 atom stereocenters. The van der Waals surface area contributed by atoms with Crippen molar-refractivity contribution in [3.63, 3.8) is 0 Å². The summed E-state index contributed by atoms with van der Waals surface area (Å²) in [6.45, 7) is 0. The van der Waals surface area contributed by atoms with Crippen LogP contribution < -0.4 is 10.9 Å². The van der Waals surface area contributed by atoms with E-state index in [-0.39, 0.29) is 5.91 Å². The van der Waals surface area contributed by atoms with Crippen LogP contribution in [0, 0.1) is 0 Å². The van der Waals surface area contributed by atoms with Gasteiger partial charge in [0.2, 0.25) is 5.91 Å². The van der Waals surface area contributed by atoms with Crippen molar-refractivity contribution in [3.05, 3.63) is 30.1 Å². The summed E-state index contributed by atoms with van der Waals surface area (Å²) in [5, 5.41) is 0. The normalized spacial score (nSPS) is 9.93. The van der Waals surface area contributed by atoms with E-state index >= 15 is 0 Å². The van der Waals surface area contributed by atoms with Crippen molar-refractivity contribution in [1.29, 1.82) is 0 Å². The number of nitrogens with zero attached hydrogens (tertiary/aromatic N) is 1. The third kappa shape index (κ3) is 5.12. The first-order valence-corrected chi connectivity index (χ1v) is 5.17. The highest BCUT2D eigenvalue weighted by Gasteiger charge is 1.99. The highest BCUT2D eigenvalue weighted by Crippen LogP contribution is 2.04. The van der Waals surface area contributed by atoms with E-state index in [1.807, 2.05) is 12.3 Å². The lowest BCUT2D eigenvalue weighted by Crippen LogP contribution is -2.33. The van der Waals surface area contributed by atoms with Gasteiger partial charge >= 0.3 is 0 Å². The summed E-state index contributed by atoms with van der Waals surface area (Å²) >= 11 is 0. The number of carbonyl (C=O) groups is 1. The minimum Gasteiger partial charge on any atom is -0.292 e. The van der Waals surface area contributed by atoms with Gasteiger partial charge in [-0.3, -0.25) is 15.2 Å². The molecule has 82 valence electrons. The van der Waals surface area contributed by atoms with E-state index < -0.39 is 0 Å². The number of nitrogens with one attached hydrogen (secondary N) is 2. The molecule has 1 rings (SSSR count). The maximum absolute atomic E-state index is 11.1. The van der Waals surface area contributed by atoms with E-state index in [1.54, 1.807) is 13.2 Å². The van der Waals surface area contributed by atoms with Gasteiger partial charge in [0.15, 0.2) is 0 Å². The Morgan fingerprint density at radius 2 is 2.33 bits per heavy atom. The highest BCUT2D eigenvalue weighted by atomic mass is 16.2. The second-order valence-corrected chi connectivity index (χ2v) is 3.37. The topological polar surface area (TPSA) is 54.0 Å². The van der Waals surface area contributed by atoms with Crippen molar-refractivity contribution >= 4 is 5.91 Å². The standard InChI is InChI=1S/C11H17N3O/c1-12-14-11(15)7-3-2-5-10-6-4-8-13-9-10/h4,6,8-9,12H,2-3,5,7H2,1H3,(H,14,15). The zero-order valence-corrected chi connectivity index (χ0v) is 8.99. The van der Waals surface area contributed by atoms with Crippen LogP contribution in [-0.4, -0.2) is 17.9 Å². The fourth-order valence-electron chi connectivity index (χ4n) is 1.36. The van der Waals surface area contributed by atoms with Gasteiger partial charge in [-0.05, 0) is 30.9 Å². The van der Waals surface area contributed by atoms with Gasteiger partial charge in [0.1, 0.15) is 0 Å². The van der Waals surface area contributed by atoms with Crippen LogP contribution in [0.1, 0.15) is 24.8 Å². The molecule has 0 aromatic carbocycles. The smallest absolute Gasteiger partial charge is 0.234 e. The lowest BCUT2D eigenvalue weighted by atomic mass is 10.1. The van der Waals surface area contributed by atoms with Gasteiger partial charge in [0.25, 0.3) is 0 Å². The van der Waals surface area contributed by atoms with E-state index in [2.05, 4.69) is 21.9 Å². The molecular formula is C11H17N3O. The molecule has 0 aliphatic rings. The molecule has 1 heterocycles. The van der Waals surface area contributed by atoms with Crippen LogP contribution in [0.4, 0.5) is 0 Å². The first-order valence-electron chi connectivity index (χ1n) is 5.17. The molecule has 2 N–H and O–H groups in total. The molecule has 1 aromatic heterocycles. The maximum Gasteiger partial charge on any atom is 0.234 e. The van der Waals surface area contributed by atoms with Crippen LogP contribution in [0.5, 0.6) is 0 Å². The van der Waals surface area contributed by atoms with E-state index in [0.29, 0.717) is 6.42 Å². The first kappa shape index (κ1) is 11.7. The molecule has 15 heavy (non-hydrogen) atoms. The summed E-state index contributed by atoms with van der Waals surface area (Å²) in [5.41, 5.74) is 6.39. The number of hydrazine groups is 1. The first-order chi connectivity index (χ1) is 7.33. The second-order valence-electron chi connectivity index (χ2n) is 3.37. The number of unbranched alkanes of at least 4 members (excludes halogenated alkanes) is 1. The third-order valence-electron chi connectivity index (χ3n) is 2.11. The van der Waals surface area contributed by atoms with Crippen molar-refractivity contribution in [2.45, 2.75) is 25.7 Å². The van der Waals surface area contributed by atoms with Crippen molar-refractivity contribution in [2.75, 3.05) is 7.05 Å². The lowest BCUT2D eigenvalue weighted by molar-refractivity contribution is -0.122. The fourth-order valence-corrected chi connectivity index (χ4v) is 1.36. The second kappa shape index (κ2) is 6.95. The Morgan fingerprint density at radius 3 is 3.00 bits per heavy atom. The van der Waals surface area contributed by atoms with Crippen molar-refractivity contribution in [1.82, 2.24) is 15.8 Å². The van der Waals surface area contributed by atoms with Crippen LogP contribution in [0.25, 0.3) is 0 Å². The van der Waals surface area contributed by atoms with Gasteiger partial charge in [-0.1, -0.05) is 6.07 Å². The number of rotatable bonds is 6. The molecule has 0 unspecified atom stereocenters. The summed E-state index contributed by atoms with van der Waals surface area (Å²) in [7, 11) is 1.69. The number of pyridine rings is 1. The van der Waals surface area contributed by atoms with Crippen molar-refractivity contribution in [3.8, 4) is 0 Å². The Balaban J connectivity index is 2.10. The van der Waals surface area contributed by atoms with Crippen molar-refractivity contribution in [2.24, 2.45) is 0 Å². The van der Waals surface area contributed by atoms with E-state index in [4.69, 9.17) is 0 Å². The lowest BCUT2D eigenvalue weighted by Gasteiger charge is -2.02. The molecule has 0 fully saturated rings. The summed E-state index contributed by atoms with van der Waals surface area (Å²) in [4.78, 5) is 15.1. The van der Waals surface area contributed by atoms with Gasteiger partial charge in [0.05, 0.1) is 0 Å². The van der Waals surface area contributed by atoms with Crippen molar-refractivity contribution < 1.29 is 4.79 Å². The number of hydrogen-bond acceptors (Lipinski definition) is 3. The molecule has 0 radical (unpaired) electrons. The summed E-state index contributed by atoms with van der Waals surface area (Å²) in [5.74, 6) is 0.0451. The summed E-state index contributed by atoms with van der Waals surface area (Å²) in [6, 6.07) is 3.99. The van der Waals surface area contributed by atoms with E-state index in [1.165, 1.54) is 5.56 Å². The van der Waals surface area contributed by atoms with E-state index in [9.17, 15) is 4.79 Å². The molecule has 1 aromatic rings. The van der Waals surface area contributed by atoms with Crippen LogP contribution in [-0.2, 0) is 11.2 Å². The number of amides is 1. The monoisotopic (exact) mass is 207 g/mol. The number of aromatic nitrogens is 1. The molecule has 0 saturated carbocycles. The van der Waals surface area contributed by atoms with E-state index in [0.717, 1.165) is 19.3 Å². The fraction of sp³-hybridized carbons (Fsp3) is 0.455. The Labute approximate surface area is 90.1 Å². The number of aryl methyl sites for hydroxylation is 1. The molecule has 0 saturated heterocycles. The molecular weight excluding hydrogens is 190 g/mol. The number of hydrogen-bond donors (Lipinski definition) is 2. The average molecular weight is 207 g/mol. The Morgan fingerprint density at radius 1 is 1.47 bits per heavy atom. The minimum absolute atomic E-state index is 0.0451. The minimum atomic E-state index is 0.0451. The maximum atomic E-state index is 11.1. The average Bonchev–Trinajstić information content (AvgIpc) is 2.26. The molecule has 4 heteroatoms. The van der Waals surface area contributed by atoms with Gasteiger partial charge in [0, 0.05) is 25.9 Å². The molecule has 0 bridgehead atoms. The summed E-state index contributed by atoms with van der Waals surface area (Å²) in [6.07, 6.45) is 7.12. The number of carbonyl (C=O) groups excluding carboxylic acids is 1. The van der Waals surface area contributed by atoms with Gasteiger partial charge < -0.3 is 0 Å². The van der Waals surface area contributed by atoms with Crippen LogP contribution >= 0.6 is 0 Å². The van der Waals surface area contributed by atoms with Gasteiger partial charge in [-0.15, -0.1) is 0 Å². The highest BCUT2D eigenvalue weighted by molar-refractivity contribution is 5.75. The van der Waals surface area contributed by atoms with Gasteiger partial charge in [-0.25, -0.2) is 5.43 Å². The van der Waals surface area contributed by atoms with Crippen LogP contribution in [0.2, 0.25) is 0 Å². The molecule has 4 nitrogen and oxygen atoms in total. The van der Waals surface area contributed by atoms with Gasteiger partial charge in [-0.2, -0.15) is 0 Å². The Bertz CT molecular complexity index is 287. The summed E-state index contributed by atoms with van der Waals surface area (Å²) < 4.78 is 0. The largest absolute Gasteiger partial charge is 0.292 e. The van der Waals surface area contributed by atoms with Crippen LogP contribution in [0.15, 0.2) is 24.5 Å². The zero-order valence-electron chi connectivity index (χ0n) is 8.99. The molecule has 0 aliphatic carbocycles. The zero-order chi connectivity index (χ0) is 10.9. The predicted molar refractivity (Wildman–Crippen MR) is 59.0 cm³/mol. The predicted octanol–water partition coefficient (Wildman–Crippen LogP) is 1.04. The quantitative estimate of drug-likeness (QED) is 0.541. The molecule has 0 aliphatic heterocycles. The van der Waals surface area contributed by atoms with Crippen LogP contribution in [0.3, 0.4) is 0 Å². The SMILES string of the molecule is CNNC(=O)CCCCc1cccnc1. The molecule has 1 amide bonds. The Hall–Kier alpha value is -1.42.